The van der Waals surface area contributed by atoms with E-state index < -0.39 is 0 Å². The second kappa shape index (κ2) is 7.17. The second-order valence-electron chi connectivity index (χ2n) is 3.55. The molecule has 0 aromatic carbocycles. The SMILES string of the molecule is COc1ccc(CNC(C)C(CO)SC)s1. The molecule has 0 aliphatic heterocycles. The number of thiophene rings is 1. The molecule has 1 aromatic rings. The normalized spacial score (nSPS) is 14.8. The molecule has 0 saturated heterocycles. The fourth-order valence-corrected chi connectivity index (χ4v) is 2.82. The summed E-state index contributed by atoms with van der Waals surface area (Å²) in [6.45, 7) is 3.14. The molecule has 0 radical (unpaired) electrons. The molecule has 1 aromatic heterocycles. The second-order valence-corrected chi connectivity index (χ2v) is 5.76. The maximum atomic E-state index is 9.16. The van der Waals surface area contributed by atoms with Crippen molar-refractivity contribution >= 4 is 23.1 Å². The molecule has 2 atom stereocenters. The van der Waals surface area contributed by atoms with Crippen LogP contribution < -0.4 is 10.1 Å². The summed E-state index contributed by atoms with van der Waals surface area (Å²) in [6.07, 6.45) is 2.02. The molecule has 0 spiro atoms. The molecule has 0 bridgehead atoms. The third-order valence-electron chi connectivity index (χ3n) is 2.48. The Morgan fingerprint density at radius 2 is 2.31 bits per heavy atom. The number of ether oxygens (including phenoxy) is 1. The largest absolute Gasteiger partial charge is 0.487 e. The minimum Gasteiger partial charge on any atom is -0.487 e. The lowest BCUT2D eigenvalue weighted by Gasteiger charge is -2.20. The molecule has 0 aliphatic carbocycles. The lowest BCUT2D eigenvalue weighted by molar-refractivity contribution is 0.276. The van der Waals surface area contributed by atoms with Crippen LogP contribution >= 0.6 is 23.1 Å². The van der Waals surface area contributed by atoms with Crippen molar-refractivity contribution in [3.8, 4) is 5.06 Å². The monoisotopic (exact) mass is 261 g/mol. The fourth-order valence-electron chi connectivity index (χ4n) is 1.39. The summed E-state index contributed by atoms with van der Waals surface area (Å²) in [5, 5.41) is 13.8. The molecule has 92 valence electrons. The fraction of sp³-hybridized carbons (Fsp3) is 0.636. The van der Waals surface area contributed by atoms with Crippen LogP contribution in [-0.2, 0) is 6.54 Å². The molecule has 0 aliphatic rings. The molecule has 0 amide bonds. The van der Waals surface area contributed by atoms with Gasteiger partial charge in [0.2, 0.25) is 0 Å². The third-order valence-corrected chi connectivity index (χ3v) is 4.69. The summed E-state index contributed by atoms with van der Waals surface area (Å²) >= 11 is 3.34. The molecule has 5 heteroatoms. The van der Waals surface area contributed by atoms with E-state index >= 15 is 0 Å². The molecule has 3 nitrogen and oxygen atoms in total. The standard InChI is InChI=1S/C11H19NO2S2/c1-8(10(7-13)15-3)12-6-9-4-5-11(14-2)16-9/h4-5,8,10,12-13H,6-7H2,1-3H3. The van der Waals surface area contributed by atoms with Gasteiger partial charge in [0.1, 0.15) is 0 Å². The predicted molar refractivity (Wildman–Crippen MR) is 71.6 cm³/mol. The Kier molecular flexibility index (Phi) is 6.20. The van der Waals surface area contributed by atoms with Gasteiger partial charge in [-0.15, -0.1) is 11.3 Å². The summed E-state index contributed by atoms with van der Waals surface area (Å²) in [5.74, 6) is 0. The highest BCUT2D eigenvalue weighted by Gasteiger charge is 2.14. The number of aliphatic hydroxyl groups is 1. The van der Waals surface area contributed by atoms with E-state index in [9.17, 15) is 0 Å². The van der Waals surface area contributed by atoms with E-state index in [-0.39, 0.29) is 11.9 Å². The number of hydrogen-bond donors (Lipinski definition) is 2. The van der Waals surface area contributed by atoms with Gasteiger partial charge in [-0.2, -0.15) is 11.8 Å². The van der Waals surface area contributed by atoms with Crippen molar-refractivity contribution in [2.45, 2.75) is 24.8 Å². The van der Waals surface area contributed by atoms with Gasteiger partial charge >= 0.3 is 0 Å². The summed E-state index contributed by atoms with van der Waals surface area (Å²) in [7, 11) is 1.68. The van der Waals surface area contributed by atoms with Gasteiger partial charge in [-0.05, 0) is 25.3 Å². The van der Waals surface area contributed by atoms with Crippen LogP contribution in [0.2, 0.25) is 0 Å². The Balaban J connectivity index is 2.38. The van der Waals surface area contributed by atoms with Crippen molar-refractivity contribution in [1.29, 1.82) is 0 Å². The van der Waals surface area contributed by atoms with E-state index in [2.05, 4.69) is 18.3 Å². The molecule has 0 saturated carbocycles. The molecular weight excluding hydrogens is 242 g/mol. The first-order chi connectivity index (χ1) is 7.71. The zero-order chi connectivity index (χ0) is 12.0. The van der Waals surface area contributed by atoms with Gasteiger partial charge in [0, 0.05) is 22.7 Å². The van der Waals surface area contributed by atoms with Crippen LogP contribution in [0.15, 0.2) is 12.1 Å². The Bertz CT molecular complexity index is 300. The third kappa shape index (κ3) is 3.97. The topological polar surface area (TPSA) is 41.5 Å². The van der Waals surface area contributed by atoms with Crippen molar-refractivity contribution in [3.05, 3.63) is 17.0 Å². The zero-order valence-corrected chi connectivity index (χ0v) is 11.5. The predicted octanol–water partition coefficient (Wildman–Crippen LogP) is 1.96. The van der Waals surface area contributed by atoms with Gasteiger partial charge in [-0.1, -0.05) is 0 Å². The van der Waals surface area contributed by atoms with E-state index in [1.54, 1.807) is 30.2 Å². The van der Waals surface area contributed by atoms with Gasteiger partial charge in [0.25, 0.3) is 0 Å². The van der Waals surface area contributed by atoms with E-state index in [4.69, 9.17) is 9.84 Å². The summed E-state index contributed by atoms with van der Waals surface area (Å²) in [5.41, 5.74) is 0. The molecular formula is C11H19NO2S2. The van der Waals surface area contributed by atoms with Crippen LogP contribution in [0.3, 0.4) is 0 Å². The van der Waals surface area contributed by atoms with Crippen LogP contribution in [0.4, 0.5) is 0 Å². The number of rotatable bonds is 7. The minimum absolute atomic E-state index is 0.211. The smallest absolute Gasteiger partial charge is 0.173 e. The van der Waals surface area contributed by atoms with Crippen molar-refractivity contribution < 1.29 is 9.84 Å². The van der Waals surface area contributed by atoms with Crippen LogP contribution in [0.25, 0.3) is 0 Å². The number of methoxy groups -OCH3 is 1. The quantitative estimate of drug-likeness (QED) is 0.787. The minimum atomic E-state index is 0.211. The van der Waals surface area contributed by atoms with Gasteiger partial charge < -0.3 is 15.2 Å². The van der Waals surface area contributed by atoms with E-state index in [1.807, 2.05) is 12.3 Å². The highest BCUT2D eigenvalue weighted by atomic mass is 32.2. The molecule has 1 heterocycles. The molecule has 2 unspecified atom stereocenters. The van der Waals surface area contributed by atoms with Crippen molar-refractivity contribution in [2.75, 3.05) is 20.0 Å². The van der Waals surface area contributed by atoms with Crippen LogP contribution in [0.1, 0.15) is 11.8 Å². The number of thioether (sulfide) groups is 1. The zero-order valence-electron chi connectivity index (χ0n) is 9.90. The number of aliphatic hydroxyl groups excluding tert-OH is 1. The number of nitrogens with one attached hydrogen (secondary N) is 1. The highest BCUT2D eigenvalue weighted by Crippen LogP contribution is 2.23. The van der Waals surface area contributed by atoms with Crippen LogP contribution in [-0.4, -0.2) is 36.4 Å². The molecule has 1 rings (SSSR count). The average molecular weight is 261 g/mol. The Labute approximate surface area is 105 Å². The van der Waals surface area contributed by atoms with Gasteiger partial charge in [-0.25, -0.2) is 0 Å². The van der Waals surface area contributed by atoms with E-state index in [1.165, 1.54) is 4.88 Å². The average Bonchev–Trinajstić information content (AvgIpc) is 2.76. The maximum absolute atomic E-state index is 9.16. The summed E-state index contributed by atoms with van der Waals surface area (Å²) in [6, 6.07) is 4.34. The number of hydrogen-bond acceptors (Lipinski definition) is 5. The molecule has 0 fully saturated rings. The first-order valence-electron chi connectivity index (χ1n) is 5.21. The first kappa shape index (κ1) is 13.8. The van der Waals surface area contributed by atoms with Crippen molar-refractivity contribution in [3.63, 3.8) is 0 Å². The van der Waals surface area contributed by atoms with E-state index in [0.29, 0.717) is 6.04 Å². The van der Waals surface area contributed by atoms with Crippen LogP contribution in [0, 0.1) is 0 Å². The Hall–Kier alpha value is -0.230. The van der Waals surface area contributed by atoms with Gasteiger partial charge in [-0.3, -0.25) is 0 Å². The molecule has 2 N–H and O–H groups in total. The summed E-state index contributed by atoms with van der Waals surface area (Å²) in [4.78, 5) is 1.25. The van der Waals surface area contributed by atoms with Crippen LogP contribution in [0.5, 0.6) is 5.06 Å². The van der Waals surface area contributed by atoms with Gasteiger partial charge in [0.05, 0.1) is 13.7 Å². The van der Waals surface area contributed by atoms with E-state index in [0.717, 1.165) is 11.6 Å². The molecule has 16 heavy (non-hydrogen) atoms. The summed E-state index contributed by atoms with van der Waals surface area (Å²) < 4.78 is 5.14. The maximum Gasteiger partial charge on any atom is 0.173 e. The Morgan fingerprint density at radius 3 is 2.81 bits per heavy atom. The van der Waals surface area contributed by atoms with Crippen molar-refractivity contribution in [2.24, 2.45) is 0 Å². The first-order valence-corrected chi connectivity index (χ1v) is 7.31. The lowest BCUT2D eigenvalue weighted by atomic mass is 10.2. The Morgan fingerprint density at radius 1 is 1.56 bits per heavy atom. The lowest BCUT2D eigenvalue weighted by Crippen LogP contribution is -2.36. The van der Waals surface area contributed by atoms with Crippen molar-refractivity contribution in [1.82, 2.24) is 5.32 Å². The van der Waals surface area contributed by atoms with Gasteiger partial charge in [0.15, 0.2) is 5.06 Å². The highest BCUT2D eigenvalue weighted by molar-refractivity contribution is 7.99.